The zero-order chi connectivity index (χ0) is 16.9. The van der Waals surface area contributed by atoms with Crippen molar-refractivity contribution in [2.75, 3.05) is 33.3 Å². The number of hydrogen-bond acceptors (Lipinski definition) is 5. The summed E-state index contributed by atoms with van der Waals surface area (Å²) in [6.45, 7) is 4.57. The predicted octanol–water partition coefficient (Wildman–Crippen LogP) is 2.29. The van der Waals surface area contributed by atoms with Gasteiger partial charge in [-0.1, -0.05) is 0 Å². The summed E-state index contributed by atoms with van der Waals surface area (Å²) in [4.78, 5) is 27.7. The van der Waals surface area contributed by atoms with Crippen molar-refractivity contribution in [2.24, 2.45) is 5.92 Å². The Morgan fingerprint density at radius 3 is 2.75 bits per heavy atom. The van der Waals surface area contributed by atoms with Gasteiger partial charge < -0.3 is 14.1 Å². The maximum atomic E-state index is 11.9. The van der Waals surface area contributed by atoms with E-state index in [0.29, 0.717) is 18.4 Å². The molecule has 3 rings (SSSR count). The third kappa shape index (κ3) is 4.17. The molecule has 24 heavy (non-hydrogen) atoms. The monoisotopic (exact) mass is 334 g/mol. The predicted molar refractivity (Wildman–Crippen MR) is 88.5 cm³/mol. The molecule has 1 aromatic rings. The summed E-state index contributed by atoms with van der Waals surface area (Å²) in [5.41, 5.74) is 0. The lowest BCUT2D eigenvalue weighted by molar-refractivity contribution is -0.134. The zero-order valence-corrected chi connectivity index (χ0v) is 14.3. The number of amides is 1. The van der Waals surface area contributed by atoms with Crippen LogP contribution in [0.2, 0.25) is 0 Å². The molecule has 0 saturated carbocycles. The molecule has 132 valence electrons. The summed E-state index contributed by atoms with van der Waals surface area (Å²) < 4.78 is 10.2. The Hall–Kier alpha value is -1.82. The summed E-state index contributed by atoms with van der Waals surface area (Å²) in [6, 6.07) is 3.50. The molecule has 2 aliphatic heterocycles. The normalized spacial score (nSPS) is 20.4. The fourth-order valence-corrected chi connectivity index (χ4v) is 3.59. The molecule has 2 fully saturated rings. The highest BCUT2D eigenvalue weighted by Crippen LogP contribution is 2.22. The third-order valence-corrected chi connectivity index (χ3v) is 5.03. The molecule has 6 heteroatoms. The largest absolute Gasteiger partial charge is 0.463 e. The van der Waals surface area contributed by atoms with E-state index in [1.54, 1.807) is 6.07 Å². The van der Waals surface area contributed by atoms with Gasteiger partial charge in [-0.25, -0.2) is 4.79 Å². The number of esters is 1. The smallest absolute Gasteiger partial charge is 0.373 e. The van der Waals surface area contributed by atoms with Crippen molar-refractivity contribution in [3.05, 3.63) is 23.7 Å². The van der Waals surface area contributed by atoms with Crippen molar-refractivity contribution in [1.29, 1.82) is 0 Å². The average molecular weight is 334 g/mol. The van der Waals surface area contributed by atoms with Gasteiger partial charge in [-0.15, -0.1) is 0 Å². The summed E-state index contributed by atoms with van der Waals surface area (Å²) >= 11 is 0. The molecule has 0 N–H and O–H groups in total. The van der Waals surface area contributed by atoms with Crippen LogP contribution in [0.5, 0.6) is 0 Å². The molecule has 0 unspecified atom stereocenters. The van der Waals surface area contributed by atoms with E-state index in [-0.39, 0.29) is 5.76 Å². The average Bonchev–Trinajstić information content (AvgIpc) is 3.06. The zero-order valence-electron chi connectivity index (χ0n) is 14.3. The number of likely N-dealkylation sites (tertiary alicyclic amines) is 2. The highest BCUT2D eigenvalue weighted by Gasteiger charge is 2.25. The standard InChI is InChI=1S/C18H26N2O4/c1-23-18(22)16-6-5-15(24-16)13-19-10-7-14(8-11-19)12-20-9-3-2-4-17(20)21/h5-6,14H,2-4,7-13H2,1H3. The molecule has 1 aromatic heterocycles. The molecule has 0 atom stereocenters. The van der Waals surface area contributed by atoms with Gasteiger partial charge in [0.2, 0.25) is 11.7 Å². The lowest BCUT2D eigenvalue weighted by Crippen LogP contribution is -2.42. The van der Waals surface area contributed by atoms with E-state index in [0.717, 1.165) is 64.0 Å². The molecular formula is C18H26N2O4. The van der Waals surface area contributed by atoms with Gasteiger partial charge in [0, 0.05) is 19.5 Å². The number of rotatable bonds is 5. The van der Waals surface area contributed by atoms with Crippen LogP contribution in [0.1, 0.15) is 48.4 Å². The molecule has 2 aliphatic rings. The van der Waals surface area contributed by atoms with E-state index in [1.165, 1.54) is 7.11 Å². The Balaban J connectivity index is 1.44. The summed E-state index contributed by atoms with van der Waals surface area (Å²) in [7, 11) is 1.35. The van der Waals surface area contributed by atoms with Crippen LogP contribution in [-0.4, -0.2) is 55.0 Å². The SMILES string of the molecule is COC(=O)c1ccc(CN2CCC(CN3CCCCC3=O)CC2)o1. The maximum Gasteiger partial charge on any atom is 0.373 e. The first-order valence-electron chi connectivity index (χ1n) is 8.83. The number of piperidine rings is 2. The van der Waals surface area contributed by atoms with Crippen molar-refractivity contribution in [2.45, 2.75) is 38.6 Å². The van der Waals surface area contributed by atoms with E-state index in [1.807, 2.05) is 6.07 Å². The molecule has 0 aliphatic carbocycles. The molecule has 2 saturated heterocycles. The Morgan fingerprint density at radius 1 is 1.25 bits per heavy atom. The molecule has 3 heterocycles. The van der Waals surface area contributed by atoms with Crippen LogP contribution in [0.4, 0.5) is 0 Å². The number of ether oxygens (including phenoxy) is 1. The summed E-state index contributed by atoms with van der Waals surface area (Å²) in [6.07, 6.45) is 5.12. The van der Waals surface area contributed by atoms with Crippen LogP contribution in [0.25, 0.3) is 0 Å². The van der Waals surface area contributed by atoms with Crippen LogP contribution in [0.3, 0.4) is 0 Å². The van der Waals surface area contributed by atoms with Gasteiger partial charge in [0.15, 0.2) is 0 Å². The summed E-state index contributed by atoms with van der Waals surface area (Å²) in [5, 5.41) is 0. The molecule has 0 radical (unpaired) electrons. The molecule has 1 amide bonds. The molecule has 6 nitrogen and oxygen atoms in total. The number of carbonyl (C=O) groups excluding carboxylic acids is 2. The quantitative estimate of drug-likeness (QED) is 0.773. The second kappa shape index (κ2) is 7.83. The van der Waals surface area contributed by atoms with Crippen LogP contribution in [0.15, 0.2) is 16.5 Å². The van der Waals surface area contributed by atoms with E-state index in [2.05, 4.69) is 14.5 Å². The molecule has 0 bridgehead atoms. The maximum absolute atomic E-state index is 11.9. The van der Waals surface area contributed by atoms with Gasteiger partial charge >= 0.3 is 5.97 Å². The van der Waals surface area contributed by atoms with Crippen LogP contribution in [0, 0.1) is 5.92 Å². The third-order valence-electron chi connectivity index (χ3n) is 5.03. The first-order chi connectivity index (χ1) is 11.7. The second-order valence-corrected chi connectivity index (χ2v) is 6.77. The minimum Gasteiger partial charge on any atom is -0.463 e. The first kappa shape index (κ1) is 17.0. The number of carbonyl (C=O) groups is 2. The minimum atomic E-state index is -0.439. The molecule has 0 aromatic carbocycles. The van der Waals surface area contributed by atoms with E-state index in [9.17, 15) is 9.59 Å². The van der Waals surface area contributed by atoms with Crippen LogP contribution < -0.4 is 0 Å². The Labute approximate surface area is 142 Å². The lowest BCUT2D eigenvalue weighted by atomic mass is 9.95. The van der Waals surface area contributed by atoms with Crippen molar-refractivity contribution >= 4 is 11.9 Å². The van der Waals surface area contributed by atoms with Crippen molar-refractivity contribution in [1.82, 2.24) is 9.80 Å². The molecular weight excluding hydrogens is 308 g/mol. The minimum absolute atomic E-state index is 0.256. The highest BCUT2D eigenvalue weighted by molar-refractivity contribution is 5.86. The number of nitrogens with zero attached hydrogens (tertiary/aromatic N) is 2. The topological polar surface area (TPSA) is 63.0 Å². The Morgan fingerprint density at radius 2 is 2.04 bits per heavy atom. The van der Waals surface area contributed by atoms with Crippen LogP contribution in [-0.2, 0) is 16.1 Å². The fourth-order valence-electron chi connectivity index (χ4n) is 3.59. The summed E-state index contributed by atoms with van der Waals surface area (Å²) in [5.74, 6) is 1.54. The Bertz CT molecular complexity index is 575. The van der Waals surface area contributed by atoms with Crippen molar-refractivity contribution < 1.29 is 18.7 Å². The van der Waals surface area contributed by atoms with Crippen molar-refractivity contribution in [3.8, 4) is 0 Å². The van der Waals surface area contributed by atoms with Crippen LogP contribution >= 0.6 is 0 Å². The first-order valence-corrected chi connectivity index (χ1v) is 8.83. The lowest BCUT2D eigenvalue weighted by Gasteiger charge is -2.35. The van der Waals surface area contributed by atoms with Gasteiger partial charge in [0.05, 0.1) is 13.7 Å². The van der Waals surface area contributed by atoms with Gasteiger partial charge in [-0.05, 0) is 56.8 Å². The van der Waals surface area contributed by atoms with E-state index < -0.39 is 5.97 Å². The van der Waals surface area contributed by atoms with E-state index >= 15 is 0 Å². The van der Waals surface area contributed by atoms with Gasteiger partial charge in [0.25, 0.3) is 0 Å². The molecule has 0 spiro atoms. The number of hydrogen-bond donors (Lipinski definition) is 0. The van der Waals surface area contributed by atoms with Crippen molar-refractivity contribution in [3.63, 3.8) is 0 Å². The Kier molecular flexibility index (Phi) is 5.56. The van der Waals surface area contributed by atoms with Gasteiger partial charge in [-0.2, -0.15) is 0 Å². The highest BCUT2D eigenvalue weighted by atomic mass is 16.5. The number of methoxy groups -OCH3 is 1. The number of furan rings is 1. The fraction of sp³-hybridized carbons (Fsp3) is 0.667. The van der Waals surface area contributed by atoms with Gasteiger partial charge in [-0.3, -0.25) is 9.69 Å². The van der Waals surface area contributed by atoms with Gasteiger partial charge in [0.1, 0.15) is 5.76 Å². The second-order valence-electron chi connectivity index (χ2n) is 6.77. The van der Waals surface area contributed by atoms with E-state index in [4.69, 9.17) is 4.42 Å².